The predicted molar refractivity (Wildman–Crippen MR) is 89.1 cm³/mol. The molecule has 0 bridgehead atoms. The number of likely N-dealkylation sites (tertiary alicyclic amines) is 1. The van der Waals surface area contributed by atoms with Crippen LogP contribution in [0.2, 0.25) is 0 Å². The van der Waals surface area contributed by atoms with E-state index in [9.17, 15) is 5.11 Å². The Morgan fingerprint density at radius 3 is 2.48 bits per heavy atom. The van der Waals surface area contributed by atoms with E-state index in [1.807, 2.05) is 24.3 Å². The lowest BCUT2D eigenvalue weighted by Gasteiger charge is -2.30. The van der Waals surface area contributed by atoms with Crippen molar-refractivity contribution in [2.45, 2.75) is 46.1 Å². The lowest BCUT2D eigenvalue weighted by Crippen LogP contribution is -2.30. The van der Waals surface area contributed by atoms with E-state index in [0.717, 1.165) is 36.8 Å². The van der Waals surface area contributed by atoms with Gasteiger partial charge < -0.3 is 15.7 Å². The summed E-state index contributed by atoms with van der Waals surface area (Å²) in [6, 6.07) is 7.57. The number of nitrogens with zero attached hydrogens (tertiary/aromatic N) is 1. The van der Waals surface area contributed by atoms with Gasteiger partial charge in [-0.05, 0) is 61.4 Å². The standard InChI is InChI=1S/C18H30N2O/c1-18(2,3)15-5-4-11-20(12-10-15)13-17(21)14-6-8-16(19)9-7-14/h6-9,15,17,21H,4-5,10-13,19H2,1-3H3. The molecule has 1 aromatic carbocycles. The first-order chi connectivity index (χ1) is 9.86. The van der Waals surface area contributed by atoms with Crippen molar-refractivity contribution in [2.75, 3.05) is 25.4 Å². The molecule has 0 aliphatic carbocycles. The number of aliphatic hydroxyl groups is 1. The third-order valence-electron chi connectivity index (χ3n) is 4.80. The van der Waals surface area contributed by atoms with Crippen LogP contribution in [0.4, 0.5) is 5.69 Å². The van der Waals surface area contributed by atoms with Crippen molar-refractivity contribution in [3.8, 4) is 0 Å². The average molecular weight is 290 g/mol. The number of rotatable bonds is 3. The highest BCUT2D eigenvalue weighted by atomic mass is 16.3. The van der Waals surface area contributed by atoms with Crippen LogP contribution in [0.5, 0.6) is 0 Å². The molecule has 0 spiro atoms. The maximum atomic E-state index is 10.4. The Bertz CT molecular complexity index is 436. The molecule has 1 aromatic rings. The molecule has 1 aliphatic rings. The molecule has 1 fully saturated rings. The molecule has 2 unspecified atom stereocenters. The molecule has 2 rings (SSSR count). The monoisotopic (exact) mass is 290 g/mol. The van der Waals surface area contributed by atoms with Crippen LogP contribution in [-0.2, 0) is 0 Å². The zero-order valence-corrected chi connectivity index (χ0v) is 13.7. The van der Waals surface area contributed by atoms with Crippen molar-refractivity contribution >= 4 is 5.69 Å². The normalized spacial score (nSPS) is 22.8. The minimum Gasteiger partial charge on any atom is -0.399 e. The van der Waals surface area contributed by atoms with Gasteiger partial charge in [-0.1, -0.05) is 32.9 Å². The Morgan fingerprint density at radius 1 is 1.19 bits per heavy atom. The summed E-state index contributed by atoms with van der Waals surface area (Å²) in [4.78, 5) is 2.41. The van der Waals surface area contributed by atoms with Crippen LogP contribution in [0, 0.1) is 11.3 Å². The van der Waals surface area contributed by atoms with E-state index < -0.39 is 6.10 Å². The van der Waals surface area contributed by atoms with Gasteiger partial charge in [0.2, 0.25) is 0 Å². The maximum absolute atomic E-state index is 10.4. The zero-order valence-electron chi connectivity index (χ0n) is 13.7. The maximum Gasteiger partial charge on any atom is 0.0916 e. The van der Waals surface area contributed by atoms with Crippen LogP contribution in [0.1, 0.15) is 51.7 Å². The Labute approximate surface area is 129 Å². The van der Waals surface area contributed by atoms with Gasteiger partial charge in [-0.2, -0.15) is 0 Å². The fourth-order valence-electron chi connectivity index (χ4n) is 3.27. The number of hydrogen-bond donors (Lipinski definition) is 2. The van der Waals surface area contributed by atoms with Gasteiger partial charge >= 0.3 is 0 Å². The second-order valence-corrected chi connectivity index (χ2v) is 7.48. The van der Waals surface area contributed by atoms with E-state index in [0.29, 0.717) is 5.41 Å². The highest BCUT2D eigenvalue weighted by Crippen LogP contribution is 2.34. The van der Waals surface area contributed by atoms with Crippen molar-refractivity contribution < 1.29 is 5.11 Å². The molecule has 1 heterocycles. The second-order valence-electron chi connectivity index (χ2n) is 7.48. The van der Waals surface area contributed by atoms with E-state index in [-0.39, 0.29) is 0 Å². The van der Waals surface area contributed by atoms with E-state index in [1.54, 1.807) is 0 Å². The van der Waals surface area contributed by atoms with Crippen LogP contribution in [0.15, 0.2) is 24.3 Å². The summed E-state index contributed by atoms with van der Waals surface area (Å²) >= 11 is 0. The summed E-state index contributed by atoms with van der Waals surface area (Å²) < 4.78 is 0. The summed E-state index contributed by atoms with van der Waals surface area (Å²) in [6.45, 7) is 9.94. The number of benzene rings is 1. The molecule has 3 heteroatoms. The summed E-state index contributed by atoms with van der Waals surface area (Å²) in [5, 5.41) is 10.4. The fraction of sp³-hybridized carbons (Fsp3) is 0.667. The first kappa shape index (κ1) is 16.3. The topological polar surface area (TPSA) is 49.5 Å². The summed E-state index contributed by atoms with van der Waals surface area (Å²) in [7, 11) is 0. The number of β-amino-alcohol motifs (C(OH)–C–C–N with tert-alkyl or cyclic N) is 1. The van der Waals surface area contributed by atoms with Gasteiger partial charge in [-0.3, -0.25) is 0 Å². The predicted octanol–water partition coefficient (Wildman–Crippen LogP) is 3.45. The van der Waals surface area contributed by atoms with Gasteiger partial charge in [0, 0.05) is 12.2 Å². The lowest BCUT2D eigenvalue weighted by atomic mass is 9.77. The minimum absolute atomic E-state index is 0.394. The van der Waals surface area contributed by atoms with E-state index in [2.05, 4.69) is 25.7 Å². The molecule has 0 amide bonds. The third kappa shape index (κ3) is 4.72. The van der Waals surface area contributed by atoms with Gasteiger partial charge in [-0.25, -0.2) is 0 Å². The molecule has 3 N–H and O–H groups in total. The second kappa shape index (κ2) is 6.80. The van der Waals surface area contributed by atoms with Crippen molar-refractivity contribution in [2.24, 2.45) is 11.3 Å². The molecule has 3 nitrogen and oxygen atoms in total. The number of hydrogen-bond acceptors (Lipinski definition) is 3. The Kier molecular flexibility index (Phi) is 5.28. The lowest BCUT2D eigenvalue weighted by molar-refractivity contribution is 0.112. The van der Waals surface area contributed by atoms with Crippen molar-refractivity contribution in [1.82, 2.24) is 4.90 Å². The molecule has 0 radical (unpaired) electrons. The van der Waals surface area contributed by atoms with Crippen molar-refractivity contribution in [3.63, 3.8) is 0 Å². The van der Waals surface area contributed by atoms with E-state index >= 15 is 0 Å². The van der Waals surface area contributed by atoms with Crippen LogP contribution >= 0.6 is 0 Å². The van der Waals surface area contributed by atoms with Gasteiger partial charge in [-0.15, -0.1) is 0 Å². The Hall–Kier alpha value is -1.06. The Balaban J connectivity index is 1.90. The van der Waals surface area contributed by atoms with Crippen LogP contribution in [-0.4, -0.2) is 29.6 Å². The smallest absolute Gasteiger partial charge is 0.0916 e. The quantitative estimate of drug-likeness (QED) is 0.838. The molecular weight excluding hydrogens is 260 g/mol. The minimum atomic E-state index is -0.420. The number of nitrogens with two attached hydrogens (primary N) is 1. The Morgan fingerprint density at radius 2 is 1.86 bits per heavy atom. The summed E-state index contributed by atoms with van der Waals surface area (Å²) in [6.07, 6.45) is 3.35. The van der Waals surface area contributed by atoms with Gasteiger partial charge in [0.25, 0.3) is 0 Å². The van der Waals surface area contributed by atoms with Crippen LogP contribution in [0.25, 0.3) is 0 Å². The zero-order chi connectivity index (χ0) is 15.5. The molecule has 0 saturated carbocycles. The molecule has 1 aliphatic heterocycles. The molecule has 2 atom stereocenters. The molecule has 118 valence electrons. The van der Waals surface area contributed by atoms with E-state index in [1.165, 1.54) is 19.3 Å². The van der Waals surface area contributed by atoms with Crippen LogP contribution in [0.3, 0.4) is 0 Å². The highest BCUT2D eigenvalue weighted by Gasteiger charge is 2.27. The van der Waals surface area contributed by atoms with E-state index in [4.69, 9.17) is 5.73 Å². The number of nitrogen functional groups attached to an aromatic ring is 1. The fourth-order valence-corrected chi connectivity index (χ4v) is 3.27. The summed E-state index contributed by atoms with van der Waals surface area (Å²) in [5.41, 5.74) is 7.79. The van der Waals surface area contributed by atoms with Gasteiger partial charge in [0.1, 0.15) is 0 Å². The molecule has 1 saturated heterocycles. The average Bonchev–Trinajstić information content (AvgIpc) is 2.64. The van der Waals surface area contributed by atoms with Crippen LogP contribution < -0.4 is 5.73 Å². The largest absolute Gasteiger partial charge is 0.399 e. The SMILES string of the molecule is CC(C)(C)C1CCCN(CC(O)c2ccc(N)cc2)CC1. The molecule has 21 heavy (non-hydrogen) atoms. The molecular formula is C18H30N2O. The number of aliphatic hydroxyl groups excluding tert-OH is 1. The first-order valence-corrected chi connectivity index (χ1v) is 8.12. The summed E-state index contributed by atoms with van der Waals surface area (Å²) in [5.74, 6) is 0.788. The highest BCUT2D eigenvalue weighted by molar-refractivity contribution is 5.39. The van der Waals surface area contributed by atoms with Gasteiger partial charge in [0.05, 0.1) is 6.10 Å². The van der Waals surface area contributed by atoms with Gasteiger partial charge in [0.15, 0.2) is 0 Å². The molecule has 0 aromatic heterocycles. The van der Waals surface area contributed by atoms with Crippen molar-refractivity contribution in [1.29, 1.82) is 0 Å². The van der Waals surface area contributed by atoms with Crippen molar-refractivity contribution in [3.05, 3.63) is 29.8 Å². The third-order valence-corrected chi connectivity index (χ3v) is 4.80. The first-order valence-electron chi connectivity index (χ1n) is 8.12. The number of anilines is 1.